The van der Waals surface area contributed by atoms with Gasteiger partial charge in [0.15, 0.2) is 0 Å². The zero-order valence-corrected chi connectivity index (χ0v) is 11.1. The summed E-state index contributed by atoms with van der Waals surface area (Å²) in [6.07, 6.45) is -0.273. The summed E-state index contributed by atoms with van der Waals surface area (Å²) in [6.45, 7) is 3.47. The Morgan fingerprint density at radius 3 is 2.25 bits per heavy atom. The third kappa shape index (κ3) is 4.49. The van der Waals surface area contributed by atoms with Crippen LogP contribution in [0.3, 0.4) is 0 Å². The maximum Gasteiger partial charge on any atom is 0.319 e. The Morgan fingerprint density at radius 2 is 1.80 bits per heavy atom. The summed E-state index contributed by atoms with van der Waals surface area (Å²) in [7, 11) is 0. The van der Waals surface area contributed by atoms with Gasteiger partial charge in [0.05, 0.1) is 6.42 Å². The van der Waals surface area contributed by atoms with Crippen molar-refractivity contribution in [3.05, 3.63) is 29.8 Å². The lowest BCUT2D eigenvalue weighted by Crippen LogP contribution is -2.42. The predicted octanol–water partition coefficient (Wildman–Crippen LogP) is 2.59. The number of carbonyl (C=O) groups excluding carboxylic acids is 1. The molecular weight excluding hydrogens is 270 g/mol. The Hall–Kier alpha value is -2.18. The first-order valence-corrected chi connectivity index (χ1v) is 6.04. The van der Waals surface area contributed by atoms with Gasteiger partial charge in [-0.25, -0.2) is 13.6 Å². The largest absolute Gasteiger partial charge is 0.481 e. The fourth-order valence-electron chi connectivity index (χ4n) is 1.58. The van der Waals surface area contributed by atoms with Crippen molar-refractivity contribution in [2.75, 3.05) is 5.32 Å². The highest BCUT2D eigenvalue weighted by Gasteiger charge is 2.20. The van der Waals surface area contributed by atoms with Crippen molar-refractivity contribution in [2.45, 2.75) is 26.3 Å². The highest BCUT2D eigenvalue weighted by molar-refractivity contribution is 5.90. The molecule has 0 radical (unpaired) electrons. The quantitative estimate of drug-likeness (QED) is 0.778. The molecular formula is C13H16F2N2O3. The monoisotopic (exact) mass is 286 g/mol. The number of nitrogens with one attached hydrogen (secondary N) is 2. The van der Waals surface area contributed by atoms with E-state index in [4.69, 9.17) is 5.11 Å². The SMILES string of the molecule is CC(C)C(CC(=O)O)NC(=O)Nc1c(F)cccc1F. The van der Waals surface area contributed by atoms with Crippen LogP contribution in [0, 0.1) is 17.6 Å². The molecule has 1 aromatic carbocycles. The third-order valence-corrected chi connectivity index (χ3v) is 2.72. The van der Waals surface area contributed by atoms with Crippen molar-refractivity contribution in [1.29, 1.82) is 0 Å². The number of carbonyl (C=O) groups is 2. The fraction of sp³-hybridized carbons (Fsp3) is 0.385. The molecule has 0 fully saturated rings. The second-order valence-corrected chi connectivity index (χ2v) is 4.64. The van der Waals surface area contributed by atoms with Crippen LogP contribution in [0.1, 0.15) is 20.3 Å². The lowest BCUT2D eigenvalue weighted by molar-refractivity contribution is -0.137. The van der Waals surface area contributed by atoms with Gasteiger partial charge in [0, 0.05) is 6.04 Å². The molecule has 110 valence electrons. The maximum atomic E-state index is 13.3. The van der Waals surface area contributed by atoms with Crippen molar-refractivity contribution >= 4 is 17.7 Å². The Morgan fingerprint density at radius 1 is 1.25 bits per heavy atom. The minimum atomic E-state index is -1.07. The second kappa shape index (κ2) is 6.83. The minimum Gasteiger partial charge on any atom is -0.481 e. The number of halogens is 2. The van der Waals surface area contributed by atoms with E-state index < -0.39 is 35.4 Å². The molecule has 0 heterocycles. The number of amides is 2. The maximum absolute atomic E-state index is 13.3. The second-order valence-electron chi connectivity index (χ2n) is 4.64. The van der Waals surface area contributed by atoms with E-state index in [0.29, 0.717) is 0 Å². The van der Waals surface area contributed by atoms with Crippen LogP contribution in [0.5, 0.6) is 0 Å². The average Bonchev–Trinajstić information content (AvgIpc) is 2.32. The van der Waals surface area contributed by atoms with E-state index in [-0.39, 0.29) is 12.3 Å². The van der Waals surface area contributed by atoms with Gasteiger partial charge < -0.3 is 15.7 Å². The highest BCUT2D eigenvalue weighted by Crippen LogP contribution is 2.18. The highest BCUT2D eigenvalue weighted by atomic mass is 19.1. The molecule has 20 heavy (non-hydrogen) atoms. The molecule has 2 amide bonds. The Kier molecular flexibility index (Phi) is 5.42. The van der Waals surface area contributed by atoms with Gasteiger partial charge in [0.25, 0.3) is 0 Å². The first-order valence-electron chi connectivity index (χ1n) is 6.04. The van der Waals surface area contributed by atoms with Crippen molar-refractivity contribution in [2.24, 2.45) is 5.92 Å². The molecule has 1 unspecified atom stereocenters. The normalized spacial score (nSPS) is 12.1. The van der Waals surface area contributed by atoms with Gasteiger partial charge in [-0.05, 0) is 18.1 Å². The molecule has 3 N–H and O–H groups in total. The van der Waals surface area contributed by atoms with Crippen LogP contribution >= 0.6 is 0 Å². The zero-order chi connectivity index (χ0) is 15.3. The summed E-state index contributed by atoms with van der Waals surface area (Å²) in [6, 6.07) is 1.71. The minimum absolute atomic E-state index is 0.137. The zero-order valence-electron chi connectivity index (χ0n) is 11.1. The molecule has 0 saturated heterocycles. The van der Waals surface area contributed by atoms with Crippen LogP contribution in [0.25, 0.3) is 0 Å². The Bertz CT molecular complexity index is 486. The van der Waals surface area contributed by atoms with Crippen LogP contribution in [-0.4, -0.2) is 23.1 Å². The number of carboxylic acids is 1. The van der Waals surface area contributed by atoms with Gasteiger partial charge in [0.2, 0.25) is 0 Å². The van der Waals surface area contributed by atoms with Crippen LogP contribution in [-0.2, 0) is 4.79 Å². The van der Waals surface area contributed by atoms with Crippen LogP contribution < -0.4 is 10.6 Å². The van der Waals surface area contributed by atoms with E-state index >= 15 is 0 Å². The topological polar surface area (TPSA) is 78.4 Å². The molecule has 0 aliphatic heterocycles. The number of anilines is 1. The number of rotatable bonds is 5. The summed E-state index contributed by atoms with van der Waals surface area (Å²) >= 11 is 0. The molecule has 0 aliphatic carbocycles. The summed E-state index contributed by atoms with van der Waals surface area (Å²) < 4.78 is 26.7. The van der Waals surface area contributed by atoms with E-state index in [1.165, 1.54) is 6.07 Å². The van der Waals surface area contributed by atoms with E-state index in [2.05, 4.69) is 5.32 Å². The summed E-state index contributed by atoms with van der Waals surface area (Å²) in [5, 5.41) is 13.2. The van der Waals surface area contributed by atoms with Gasteiger partial charge in [0.1, 0.15) is 17.3 Å². The van der Waals surface area contributed by atoms with Gasteiger partial charge in [-0.15, -0.1) is 0 Å². The molecule has 0 bridgehead atoms. The molecule has 1 atom stereocenters. The standard InChI is InChI=1S/C13H16F2N2O3/c1-7(2)10(6-11(18)19)16-13(20)17-12-8(14)4-3-5-9(12)15/h3-5,7,10H,6H2,1-2H3,(H,18,19)(H2,16,17,20). The molecule has 1 rings (SSSR count). The molecule has 0 saturated carbocycles. The predicted molar refractivity (Wildman–Crippen MR) is 69.4 cm³/mol. The summed E-state index contributed by atoms with van der Waals surface area (Å²) in [5.74, 6) is -3.01. The van der Waals surface area contributed by atoms with Gasteiger partial charge in [-0.3, -0.25) is 4.79 Å². The number of benzene rings is 1. The number of para-hydroxylation sites is 1. The third-order valence-electron chi connectivity index (χ3n) is 2.72. The smallest absolute Gasteiger partial charge is 0.319 e. The molecule has 7 heteroatoms. The first kappa shape index (κ1) is 15.9. The van der Waals surface area contributed by atoms with Gasteiger partial charge in [-0.1, -0.05) is 19.9 Å². The molecule has 0 aromatic heterocycles. The number of hydrogen-bond acceptors (Lipinski definition) is 2. The lowest BCUT2D eigenvalue weighted by Gasteiger charge is -2.21. The van der Waals surface area contributed by atoms with Crippen molar-refractivity contribution in [3.63, 3.8) is 0 Å². The van der Waals surface area contributed by atoms with Crippen molar-refractivity contribution < 1.29 is 23.5 Å². The Labute approximate surface area is 115 Å². The Balaban J connectivity index is 2.73. The average molecular weight is 286 g/mol. The summed E-state index contributed by atoms with van der Waals surface area (Å²) in [5.41, 5.74) is -0.567. The van der Waals surface area contributed by atoms with Crippen LogP contribution in [0.2, 0.25) is 0 Å². The molecule has 1 aromatic rings. The van der Waals surface area contributed by atoms with Crippen LogP contribution in [0.4, 0.5) is 19.3 Å². The van der Waals surface area contributed by atoms with E-state index in [1.807, 2.05) is 5.32 Å². The molecule has 0 aliphatic rings. The van der Waals surface area contributed by atoms with Crippen LogP contribution in [0.15, 0.2) is 18.2 Å². The van der Waals surface area contributed by atoms with E-state index in [1.54, 1.807) is 13.8 Å². The molecule has 0 spiro atoms. The van der Waals surface area contributed by atoms with E-state index in [9.17, 15) is 18.4 Å². The van der Waals surface area contributed by atoms with Gasteiger partial charge in [-0.2, -0.15) is 0 Å². The number of carboxylic acid groups (broad SMARTS) is 1. The summed E-state index contributed by atoms with van der Waals surface area (Å²) in [4.78, 5) is 22.3. The van der Waals surface area contributed by atoms with Crippen molar-refractivity contribution in [3.8, 4) is 0 Å². The number of aliphatic carboxylic acids is 1. The fourth-order valence-corrected chi connectivity index (χ4v) is 1.58. The van der Waals surface area contributed by atoms with E-state index in [0.717, 1.165) is 12.1 Å². The molecule has 5 nitrogen and oxygen atoms in total. The number of hydrogen-bond donors (Lipinski definition) is 3. The first-order chi connectivity index (χ1) is 9.31. The number of urea groups is 1. The van der Waals surface area contributed by atoms with Gasteiger partial charge >= 0.3 is 12.0 Å². The lowest BCUT2D eigenvalue weighted by atomic mass is 10.0. The van der Waals surface area contributed by atoms with Crippen molar-refractivity contribution in [1.82, 2.24) is 5.32 Å².